The van der Waals surface area contributed by atoms with Crippen molar-refractivity contribution in [1.82, 2.24) is 10.3 Å². The van der Waals surface area contributed by atoms with E-state index in [0.29, 0.717) is 18.0 Å². The maximum Gasteiger partial charge on any atom is 0.339 e. The number of carbonyl (C=O) groups is 1. The molecular weight excluding hydrogens is 232 g/mol. The van der Waals surface area contributed by atoms with E-state index in [1.54, 1.807) is 13.2 Å². The average molecular weight is 252 g/mol. The second-order valence-electron chi connectivity index (χ2n) is 4.22. The third-order valence-corrected chi connectivity index (χ3v) is 2.50. The lowest BCUT2D eigenvalue weighted by atomic mass is 10.2. The number of esters is 1. The van der Waals surface area contributed by atoms with Crippen LogP contribution in [0.4, 0.5) is 0 Å². The van der Waals surface area contributed by atoms with Crippen LogP contribution in [0.15, 0.2) is 18.3 Å². The summed E-state index contributed by atoms with van der Waals surface area (Å²) in [5, 5.41) is 3.29. The molecule has 0 aliphatic carbocycles. The monoisotopic (exact) mass is 252 g/mol. The van der Waals surface area contributed by atoms with Crippen molar-refractivity contribution in [3.8, 4) is 0 Å². The van der Waals surface area contributed by atoms with Gasteiger partial charge in [-0.3, -0.25) is 4.98 Å². The van der Waals surface area contributed by atoms with Gasteiger partial charge in [0.2, 0.25) is 0 Å². The van der Waals surface area contributed by atoms with Gasteiger partial charge >= 0.3 is 5.97 Å². The zero-order valence-corrected chi connectivity index (χ0v) is 11.1. The molecule has 0 saturated heterocycles. The van der Waals surface area contributed by atoms with Crippen LogP contribution in [0.2, 0.25) is 0 Å². The molecule has 1 unspecified atom stereocenters. The van der Waals surface area contributed by atoms with Crippen molar-refractivity contribution in [3.63, 3.8) is 0 Å². The molecule has 0 amide bonds. The number of pyridine rings is 1. The molecule has 1 N–H and O–H groups in total. The van der Waals surface area contributed by atoms with Crippen molar-refractivity contribution in [1.29, 1.82) is 0 Å². The minimum atomic E-state index is -0.365. The van der Waals surface area contributed by atoms with Crippen LogP contribution >= 0.6 is 0 Å². The van der Waals surface area contributed by atoms with E-state index in [0.717, 1.165) is 18.8 Å². The van der Waals surface area contributed by atoms with Crippen LogP contribution in [0.25, 0.3) is 0 Å². The predicted molar refractivity (Wildman–Crippen MR) is 68.3 cm³/mol. The zero-order valence-electron chi connectivity index (χ0n) is 11.1. The standard InChI is InChI=1S/C13H20N2O3/c1-10(9-17-2)6-14-8-12-5-4-11(7-15-12)13(16)18-3/h4-5,7,10,14H,6,8-9H2,1-3H3. The maximum absolute atomic E-state index is 11.2. The van der Waals surface area contributed by atoms with Gasteiger partial charge in [0.1, 0.15) is 0 Å². The summed E-state index contributed by atoms with van der Waals surface area (Å²) in [7, 11) is 3.05. The van der Waals surface area contributed by atoms with Crippen LogP contribution in [-0.4, -0.2) is 38.3 Å². The highest BCUT2D eigenvalue weighted by molar-refractivity contribution is 5.88. The van der Waals surface area contributed by atoms with Crippen molar-refractivity contribution >= 4 is 5.97 Å². The first kappa shape index (κ1) is 14.6. The van der Waals surface area contributed by atoms with Gasteiger partial charge in [0.05, 0.1) is 18.4 Å². The first-order chi connectivity index (χ1) is 8.67. The smallest absolute Gasteiger partial charge is 0.339 e. The number of hydrogen-bond acceptors (Lipinski definition) is 5. The van der Waals surface area contributed by atoms with E-state index in [4.69, 9.17) is 4.74 Å². The molecule has 0 spiro atoms. The Morgan fingerprint density at radius 3 is 2.78 bits per heavy atom. The molecule has 0 bridgehead atoms. The number of hydrogen-bond donors (Lipinski definition) is 1. The third kappa shape index (κ3) is 4.81. The summed E-state index contributed by atoms with van der Waals surface area (Å²) >= 11 is 0. The minimum absolute atomic E-state index is 0.365. The fraction of sp³-hybridized carbons (Fsp3) is 0.538. The van der Waals surface area contributed by atoms with Gasteiger partial charge in [0.25, 0.3) is 0 Å². The van der Waals surface area contributed by atoms with Crippen LogP contribution in [-0.2, 0) is 16.0 Å². The lowest BCUT2D eigenvalue weighted by molar-refractivity contribution is 0.0600. The SMILES string of the molecule is COCC(C)CNCc1ccc(C(=O)OC)cn1. The Labute approximate surface area is 108 Å². The van der Waals surface area contributed by atoms with Crippen molar-refractivity contribution in [2.24, 2.45) is 5.92 Å². The lowest BCUT2D eigenvalue weighted by Crippen LogP contribution is -2.23. The molecule has 1 aromatic rings. The van der Waals surface area contributed by atoms with E-state index in [2.05, 4.69) is 22.0 Å². The maximum atomic E-state index is 11.2. The van der Waals surface area contributed by atoms with Crippen molar-refractivity contribution in [3.05, 3.63) is 29.6 Å². The minimum Gasteiger partial charge on any atom is -0.465 e. The Bertz CT molecular complexity index is 365. The van der Waals surface area contributed by atoms with Gasteiger partial charge < -0.3 is 14.8 Å². The van der Waals surface area contributed by atoms with E-state index in [-0.39, 0.29) is 5.97 Å². The van der Waals surface area contributed by atoms with Crippen LogP contribution in [0.3, 0.4) is 0 Å². The first-order valence-electron chi connectivity index (χ1n) is 5.90. The van der Waals surface area contributed by atoms with Crippen LogP contribution < -0.4 is 5.32 Å². The van der Waals surface area contributed by atoms with E-state index in [1.165, 1.54) is 13.3 Å². The highest BCUT2D eigenvalue weighted by Gasteiger charge is 2.05. The van der Waals surface area contributed by atoms with Gasteiger partial charge in [-0.25, -0.2) is 4.79 Å². The van der Waals surface area contributed by atoms with Gasteiger partial charge in [-0.05, 0) is 18.1 Å². The fourth-order valence-corrected chi connectivity index (χ4v) is 1.56. The average Bonchev–Trinajstić information content (AvgIpc) is 2.39. The molecule has 0 fully saturated rings. The highest BCUT2D eigenvalue weighted by atomic mass is 16.5. The summed E-state index contributed by atoms with van der Waals surface area (Å²) in [6.45, 7) is 4.40. The number of aromatic nitrogens is 1. The van der Waals surface area contributed by atoms with Crippen LogP contribution in [0.1, 0.15) is 23.0 Å². The molecule has 18 heavy (non-hydrogen) atoms. The topological polar surface area (TPSA) is 60.5 Å². The summed E-state index contributed by atoms with van der Waals surface area (Å²) < 4.78 is 9.66. The molecule has 1 rings (SSSR count). The van der Waals surface area contributed by atoms with Gasteiger partial charge in [-0.2, -0.15) is 0 Å². The first-order valence-corrected chi connectivity index (χ1v) is 5.90. The molecule has 0 aliphatic rings. The molecule has 1 heterocycles. The quantitative estimate of drug-likeness (QED) is 0.740. The summed E-state index contributed by atoms with van der Waals surface area (Å²) in [6.07, 6.45) is 1.53. The van der Waals surface area contributed by atoms with Gasteiger partial charge in [-0.15, -0.1) is 0 Å². The number of carbonyl (C=O) groups excluding carboxylic acids is 1. The third-order valence-electron chi connectivity index (χ3n) is 2.50. The Hall–Kier alpha value is -1.46. The zero-order chi connectivity index (χ0) is 13.4. The Kier molecular flexibility index (Phi) is 6.32. The molecule has 100 valence electrons. The van der Waals surface area contributed by atoms with Crippen LogP contribution in [0, 0.1) is 5.92 Å². The van der Waals surface area contributed by atoms with Gasteiger partial charge in [0, 0.05) is 33.0 Å². The largest absolute Gasteiger partial charge is 0.465 e. The number of methoxy groups -OCH3 is 2. The summed E-state index contributed by atoms with van der Waals surface area (Å²) in [5.41, 5.74) is 1.36. The number of nitrogens with zero attached hydrogens (tertiary/aromatic N) is 1. The van der Waals surface area contributed by atoms with Crippen molar-refractivity contribution in [2.75, 3.05) is 27.4 Å². The summed E-state index contributed by atoms with van der Waals surface area (Å²) in [6, 6.07) is 3.54. The molecule has 0 radical (unpaired) electrons. The second-order valence-corrected chi connectivity index (χ2v) is 4.22. The fourth-order valence-electron chi connectivity index (χ4n) is 1.56. The number of ether oxygens (including phenoxy) is 2. The predicted octanol–water partition coefficient (Wildman–Crippen LogP) is 1.24. The molecular formula is C13H20N2O3. The van der Waals surface area contributed by atoms with E-state index in [9.17, 15) is 4.79 Å². The van der Waals surface area contributed by atoms with Crippen molar-refractivity contribution in [2.45, 2.75) is 13.5 Å². The van der Waals surface area contributed by atoms with E-state index < -0.39 is 0 Å². The van der Waals surface area contributed by atoms with Gasteiger partial charge in [-0.1, -0.05) is 6.92 Å². The molecule has 1 atom stereocenters. The molecule has 0 aromatic carbocycles. The highest BCUT2D eigenvalue weighted by Crippen LogP contribution is 2.02. The molecule has 0 saturated carbocycles. The van der Waals surface area contributed by atoms with Gasteiger partial charge in [0.15, 0.2) is 0 Å². The second kappa shape index (κ2) is 7.79. The van der Waals surface area contributed by atoms with E-state index in [1.807, 2.05) is 6.07 Å². The lowest BCUT2D eigenvalue weighted by Gasteiger charge is -2.11. The number of nitrogens with one attached hydrogen (secondary N) is 1. The summed E-state index contributed by atoms with van der Waals surface area (Å²) in [4.78, 5) is 15.4. The Morgan fingerprint density at radius 1 is 1.44 bits per heavy atom. The Balaban J connectivity index is 2.37. The summed E-state index contributed by atoms with van der Waals surface area (Å²) in [5.74, 6) is 0.0973. The Morgan fingerprint density at radius 2 is 2.22 bits per heavy atom. The normalized spacial score (nSPS) is 12.2. The van der Waals surface area contributed by atoms with E-state index >= 15 is 0 Å². The molecule has 1 aromatic heterocycles. The number of rotatable bonds is 7. The molecule has 5 heteroatoms. The molecule has 0 aliphatic heterocycles. The van der Waals surface area contributed by atoms with Crippen molar-refractivity contribution < 1.29 is 14.3 Å². The van der Waals surface area contributed by atoms with Crippen LogP contribution in [0.5, 0.6) is 0 Å². The molecule has 5 nitrogen and oxygen atoms in total.